The minimum atomic E-state index is -4.46. The molecule has 0 fully saturated rings. The normalized spacial score (nSPS) is 12.3. The van der Waals surface area contributed by atoms with E-state index in [9.17, 15) is 18.0 Å². The Kier molecular flexibility index (Phi) is 6.80. The zero-order chi connectivity index (χ0) is 20.2. The average molecular weight is 422 g/mol. The predicted molar refractivity (Wildman–Crippen MR) is 97.6 cm³/mol. The minimum Gasteiger partial charge on any atom is -0.411 e. The van der Waals surface area contributed by atoms with Gasteiger partial charge in [0.25, 0.3) is 5.22 Å². The SMILES string of the molecule is CC(C)(C)CN(CC(F)(F)F)C(=O)CSc1nnc(-c2ccc(Cl)cc2)o1. The molecule has 0 aliphatic rings. The quantitative estimate of drug-likeness (QED) is 0.619. The lowest BCUT2D eigenvalue weighted by Crippen LogP contribution is -2.44. The molecule has 0 radical (unpaired) electrons. The highest BCUT2D eigenvalue weighted by atomic mass is 35.5. The van der Waals surface area contributed by atoms with E-state index in [4.69, 9.17) is 16.0 Å². The third kappa shape index (κ3) is 7.42. The summed E-state index contributed by atoms with van der Waals surface area (Å²) < 4.78 is 43.8. The highest BCUT2D eigenvalue weighted by Crippen LogP contribution is 2.26. The number of alkyl halides is 3. The van der Waals surface area contributed by atoms with Crippen LogP contribution in [0.5, 0.6) is 0 Å². The van der Waals surface area contributed by atoms with E-state index in [-0.39, 0.29) is 23.4 Å². The van der Waals surface area contributed by atoms with E-state index < -0.39 is 24.0 Å². The van der Waals surface area contributed by atoms with Gasteiger partial charge < -0.3 is 9.32 Å². The Hall–Kier alpha value is -1.74. The second kappa shape index (κ2) is 8.52. The van der Waals surface area contributed by atoms with Crippen molar-refractivity contribution in [3.8, 4) is 11.5 Å². The molecule has 1 amide bonds. The highest BCUT2D eigenvalue weighted by Gasteiger charge is 2.34. The summed E-state index contributed by atoms with van der Waals surface area (Å²) in [6.07, 6.45) is -4.46. The molecule has 0 aliphatic heterocycles. The third-order valence-corrected chi connectivity index (χ3v) is 4.26. The number of hydrogen-bond donors (Lipinski definition) is 0. The van der Waals surface area contributed by atoms with Crippen molar-refractivity contribution >= 4 is 29.3 Å². The first-order valence-corrected chi connectivity index (χ1v) is 9.36. The maximum absolute atomic E-state index is 12.8. The summed E-state index contributed by atoms with van der Waals surface area (Å²) >= 11 is 6.72. The van der Waals surface area contributed by atoms with Gasteiger partial charge in [0.2, 0.25) is 11.8 Å². The Balaban J connectivity index is 2.01. The van der Waals surface area contributed by atoms with Gasteiger partial charge in [0.15, 0.2) is 0 Å². The smallest absolute Gasteiger partial charge is 0.406 e. The molecule has 0 spiro atoms. The molecule has 0 saturated heterocycles. The van der Waals surface area contributed by atoms with Crippen molar-refractivity contribution < 1.29 is 22.4 Å². The second-order valence-corrected chi connectivity index (χ2v) is 8.46. The molecule has 1 aromatic carbocycles. The van der Waals surface area contributed by atoms with E-state index in [1.54, 1.807) is 45.0 Å². The van der Waals surface area contributed by atoms with Crippen molar-refractivity contribution in [2.45, 2.75) is 32.2 Å². The van der Waals surface area contributed by atoms with Crippen LogP contribution in [0.25, 0.3) is 11.5 Å². The van der Waals surface area contributed by atoms with Crippen molar-refractivity contribution in [1.82, 2.24) is 15.1 Å². The maximum atomic E-state index is 12.8. The lowest BCUT2D eigenvalue weighted by molar-refractivity contribution is -0.161. The molecular weight excluding hydrogens is 403 g/mol. The molecule has 0 atom stereocenters. The fourth-order valence-electron chi connectivity index (χ4n) is 2.21. The van der Waals surface area contributed by atoms with Gasteiger partial charge in [0.05, 0.1) is 5.75 Å². The van der Waals surface area contributed by atoms with Crippen molar-refractivity contribution in [2.75, 3.05) is 18.8 Å². The molecule has 5 nitrogen and oxygen atoms in total. The fraction of sp³-hybridized carbons (Fsp3) is 0.471. The lowest BCUT2D eigenvalue weighted by Gasteiger charge is -2.30. The molecule has 0 bridgehead atoms. The minimum absolute atomic E-state index is 0.00817. The predicted octanol–water partition coefficient (Wildman–Crippen LogP) is 4.92. The fourth-order valence-corrected chi connectivity index (χ4v) is 3.01. The van der Waals surface area contributed by atoms with Gasteiger partial charge in [-0.1, -0.05) is 44.1 Å². The van der Waals surface area contributed by atoms with Crippen LogP contribution in [0.2, 0.25) is 5.02 Å². The van der Waals surface area contributed by atoms with Gasteiger partial charge in [-0.2, -0.15) is 13.2 Å². The van der Waals surface area contributed by atoms with E-state index in [1.165, 1.54) is 0 Å². The number of thioether (sulfide) groups is 1. The topological polar surface area (TPSA) is 59.2 Å². The maximum Gasteiger partial charge on any atom is 0.406 e. The molecule has 0 unspecified atom stereocenters. The summed E-state index contributed by atoms with van der Waals surface area (Å²) in [7, 11) is 0. The van der Waals surface area contributed by atoms with Gasteiger partial charge in [-0.05, 0) is 29.7 Å². The van der Waals surface area contributed by atoms with E-state index in [0.29, 0.717) is 10.6 Å². The second-order valence-electron chi connectivity index (χ2n) is 7.09. The largest absolute Gasteiger partial charge is 0.411 e. The molecule has 0 N–H and O–H groups in total. The number of hydrogen-bond acceptors (Lipinski definition) is 5. The van der Waals surface area contributed by atoms with Gasteiger partial charge >= 0.3 is 6.18 Å². The number of rotatable bonds is 6. The van der Waals surface area contributed by atoms with Crippen molar-refractivity contribution in [3.05, 3.63) is 29.3 Å². The first kappa shape index (κ1) is 21.6. The van der Waals surface area contributed by atoms with Crippen molar-refractivity contribution in [3.63, 3.8) is 0 Å². The molecule has 1 heterocycles. The van der Waals surface area contributed by atoms with Crippen LogP contribution in [0.3, 0.4) is 0 Å². The number of aromatic nitrogens is 2. The van der Waals surface area contributed by atoms with E-state index >= 15 is 0 Å². The number of carbonyl (C=O) groups excluding carboxylic acids is 1. The zero-order valence-electron chi connectivity index (χ0n) is 15.0. The Labute approximate surface area is 164 Å². The van der Waals surface area contributed by atoms with Crippen molar-refractivity contribution in [2.24, 2.45) is 5.41 Å². The van der Waals surface area contributed by atoms with E-state index in [1.807, 2.05) is 0 Å². The summed E-state index contributed by atoms with van der Waals surface area (Å²) in [5, 5.41) is 8.35. The molecule has 0 aliphatic carbocycles. The van der Waals surface area contributed by atoms with Gasteiger partial charge in [-0.25, -0.2) is 0 Å². The van der Waals surface area contributed by atoms with E-state index in [0.717, 1.165) is 16.7 Å². The third-order valence-electron chi connectivity index (χ3n) is 3.20. The molecule has 0 saturated carbocycles. The van der Waals surface area contributed by atoms with Crippen LogP contribution in [-0.2, 0) is 4.79 Å². The first-order chi connectivity index (χ1) is 12.4. The van der Waals surface area contributed by atoms with Crippen LogP contribution in [0.1, 0.15) is 20.8 Å². The van der Waals surface area contributed by atoms with Crippen LogP contribution >= 0.6 is 23.4 Å². The first-order valence-electron chi connectivity index (χ1n) is 8.00. The molecule has 27 heavy (non-hydrogen) atoms. The number of carbonyl (C=O) groups is 1. The summed E-state index contributed by atoms with van der Waals surface area (Å²) in [6.45, 7) is 4.02. The molecule has 2 aromatic rings. The number of nitrogens with zero attached hydrogens (tertiary/aromatic N) is 3. The average Bonchev–Trinajstić information content (AvgIpc) is 2.99. The van der Waals surface area contributed by atoms with Gasteiger partial charge in [0.1, 0.15) is 6.54 Å². The van der Waals surface area contributed by atoms with E-state index in [2.05, 4.69) is 10.2 Å². The summed E-state index contributed by atoms with van der Waals surface area (Å²) in [5.74, 6) is -0.629. The van der Waals surface area contributed by atoms with Crippen LogP contribution in [-0.4, -0.2) is 46.0 Å². The van der Waals surface area contributed by atoms with Gasteiger partial charge in [-0.15, -0.1) is 10.2 Å². The Morgan fingerprint density at radius 2 is 1.78 bits per heavy atom. The lowest BCUT2D eigenvalue weighted by atomic mass is 9.96. The molecule has 2 rings (SSSR count). The van der Waals surface area contributed by atoms with Crippen LogP contribution in [0.15, 0.2) is 33.9 Å². The Morgan fingerprint density at radius 3 is 2.33 bits per heavy atom. The van der Waals surface area contributed by atoms with Crippen LogP contribution < -0.4 is 0 Å². The highest BCUT2D eigenvalue weighted by molar-refractivity contribution is 7.99. The summed E-state index contributed by atoms with van der Waals surface area (Å²) in [6, 6.07) is 6.73. The molecule has 1 aromatic heterocycles. The summed E-state index contributed by atoms with van der Waals surface area (Å²) in [4.78, 5) is 13.1. The molecule has 10 heteroatoms. The monoisotopic (exact) mass is 421 g/mol. The van der Waals surface area contributed by atoms with Crippen LogP contribution in [0, 0.1) is 5.41 Å². The molecular formula is C17H19ClF3N3O2S. The Bertz CT molecular complexity index is 757. The number of halogens is 4. The van der Waals surface area contributed by atoms with Crippen LogP contribution in [0.4, 0.5) is 13.2 Å². The summed E-state index contributed by atoms with van der Waals surface area (Å²) in [5.41, 5.74) is 0.189. The Morgan fingerprint density at radius 1 is 1.15 bits per heavy atom. The van der Waals surface area contributed by atoms with Gasteiger partial charge in [0, 0.05) is 17.1 Å². The van der Waals surface area contributed by atoms with Crippen molar-refractivity contribution in [1.29, 1.82) is 0 Å². The zero-order valence-corrected chi connectivity index (χ0v) is 16.6. The standard InChI is InChI=1S/C17H19ClF3N3O2S/c1-16(2,3)9-24(10-17(19,20)21)13(25)8-27-15-23-22-14(26-15)11-4-6-12(18)7-5-11/h4-7H,8-10H2,1-3H3. The number of amides is 1. The number of benzene rings is 1. The van der Waals surface area contributed by atoms with Gasteiger partial charge in [-0.3, -0.25) is 4.79 Å². The molecule has 148 valence electrons.